The number of hydrogen-bond donors (Lipinski definition) is 4. The molecule has 0 amide bonds. The quantitative estimate of drug-likeness (QED) is 0.0142. The number of esters is 4. The number of rotatable bonds is 36. The highest BCUT2D eigenvalue weighted by Gasteiger charge is 2.49. The average Bonchev–Trinajstić information content (AvgIpc) is 1.77. The Morgan fingerprint density at radius 2 is 0.500 bits per heavy atom. The van der Waals surface area contributed by atoms with Gasteiger partial charge in [-0.05, 0) is 187 Å². The van der Waals surface area contributed by atoms with E-state index < -0.39 is 151 Å². The zero-order valence-electron chi connectivity index (χ0n) is 67.5. The van der Waals surface area contributed by atoms with Gasteiger partial charge >= 0.3 is 54.9 Å². The summed E-state index contributed by atoms with van der Waals surface area (Å²) in [4.78, 5) is 48.3. The molecule has 0 unspecified atom stereocenters. The lowest BCUT2D eigenvalue weighted by atomic mass is 10.00. The van der Waals surface area contributed by atoms with Gasteiger partial charge in [-0.25, -0.2) is 35.8 Å². The van der Waals surface area contributed by atoms with E-state index in [-0.39, 0.29) is 76.5 Å². The van der Waals surface area contributed by atoms with E-state index in [2.05, 4.69) is 20.3 Å². The average molecular weight is 1670 g/mol. The first-order chi connectivity index (χ1) is 52.0. The van der Waals surface area contributed by atoms with Crippen LogP contribution in [0.4, 0.5) is 17.6 Å². The summed E-state index contributed by atoms with van der Waals surface area (Å²) in [6.07, 6.45) is -5.47. The first-order valence-corrected chi connectivity index (χ1v) is 43.5. The fourth-order valence-corrected chi connectivity index (χ4v) is 16.9. The second kappa shape index (κ2) is 43.4. The van der Waals surface area contributed by atoms with Gasteiger partial charge in [-0.3, -0.25) is 37.3 Å². The molecule has 4 aliphatic heterocycles. The van der Waals surface area contributed by atoms with Gasteiger partial charge in [-0.15, -0.1) is 0 Å². The van der Waals surface area contributed by atoms with E-state index in [0.29, 0.717) is 23.0 Å². The summed E-state index contributed by atoms with van der Waals surface area (Å²) in [5, 5.41) is 10.4. The molecule has 4 heterocycles. The molecule has 0 aliphatic carbocycles. The molecule has 4 aromatic rings. The van der Waals surface area contributed by atoms with Gasteiger partial charge in [0.1, 0.15) is 69.8 Å². The maximum atomic E-state index is 14.3. The number of para-hydroxylation sites is 4. The monoisotopic (exact) mass is 1670 g/mol. The number of ether oxygens (including phenoxy) is 8. The van der Waals surface area contributed by atoms with E-state index in [1.807, 2.05) is 0 Å². The summed E-state index contributed by atoms with van der Waals surface area (Å²) in [5.74, 6) is -1.12. The third kappa shape index (κ3) is 33.4. The smallest absolute Gasteiger partial charge is 0.459 e. The van der Waals surface area contributed by atoms with Gasteiger partial charge in [0.25, 0.3) is 0 Å². The lowest BCUT2D eigenvalue weighted by Gasteiger charge is -2.24. The number of halogens is 4. The Labute approximate surface area is 656 Å². The molecule has 0 radical (unpaired) electrons. The molecule has 4 aromatic carbocycles. The highest BCUT2D eigenvalue weighted by Crippen LogP contribution is 2.51. The molecule has 0 bridgehead atoms. The molecule has 28 nitrogen and oxygen atoms in total. The Kier molecular flexibility index (Phi) is 37.4. The number of benzene rings is 4. The van der Waals surface area contributed by atoms with E-state index in [1.165, 1.54) is 55.4 Å². The largest absolute Gasteiger partial charge is 0.462 e. The SMILES string of the molecule is CC(C)OC(=O)[C@@H](C)N[P@@](=O)(OC[C@@H]1C[C@@](C)(F)[C@H](C)O1)Oc1ccccc1.CC(C)OC(=O)[C@@H](C)N[P@](=O)(OC[C@@H]1C[C@@](C)(F)[C@H](C)O1)Oc1ccccc1.CC(C)OC(=O)[C@H](C)N[P@@](=O)(OC[C@@H]1C[C@@](C)(F)[C@H](C)O1)Oc1ccccc1.CC(C)OC(=O)[C@H](C)N[P@](=O)(OC[C@@H]1C[C@@](C)(F)[C@H](C)O1)Oc1ccccc1. The third-order valence-electron chi connectivity index (χ3n) is 17.3. The molecule has 20 atom stereocenters. The topological polar surface area (TPSA) is 332 Å². The van der Waals surface area contributed by atoms with Crippen LogP contribution < -0.4 is 38.4 Å². The zero-order valence-corrected chi connectivity index (χ0v) is 71.1. The number of hydrogen-bond acceptors (Lipinski definition) is 24. The van der Waals surface area contributed by atoms with E-state index in [9.17, 15) is 55.0 Å². The van der Waals surface area contributed by atoms with Crippen LogP contribution in [0.1, 0.15) is 164 Å². The fraction of sp³-hybridized carbons (Fsp3) is 0.632. The van der Waals surface area contributed by atoms with E-state index >= 15 is 0 Å². The minimum atomic E-state index is -3.96. The molecule has 4 fully saturated rings. The van der Waals surface area contributed by atoms with Crippen LogP contribution in [0.5, 0.6) is 23.0 Å². The van der Waals surface area contributed by atoms with Crippen LogP contribution in [0.15, 0.2) is 121 Å². The van der Waals surface area contributed by atoms with Gasteiger partial charge in [0.15, 0.2) is 0 Å². The Hall–Kier alpha value is -5.88. The first-order valence-electron chi connectivity index (χ1n) is 37.3. The van der Waals surface area contributed by atoms with Crippen molar-refractivity contribution < 1.29 is 129 Å². The molecule has 0 saturated carbocycles. The summed E-state index contributed by atoms with van der Waals surface area (Å²) in [5.41, 5.74) is -5.94. The number of carbonyl (C=O) groups excluding carboxylic acids is 4. The molecule has 8 rings (SSSR count). The van der Waals surface area contributed by atoms with Gasteiger partial charge in [-0.2, -0.15) is 20.3 Å². The van der Waals surface area contributed by atoms with Crippen molar-refractivity contribution in [1.82, 2.24) is 20.3 Å². The van der Waals surface area contributed by atoms with E-state index in [0.717, 1.165) is 0 Å². The molecule has 36 heteroatoms. The van der Waals surface area contributed by atoms with Gasteiger partial charge in [0.05, 0.1) is 99.7 Å². The second-order valence-electron chi connectivity index (χ2n) is 29.7. The summed E-state index contributed by atoms with van der Waals surface area (Å²) in [6, 6.07) is 30.0. The highest BCUT2D eigenvalue weighted by molar-refractivity contribution is 7.53. The van der Waals surface area contributed by atoms with Crippen molar-refractivity contribution in [2.45, 2.75) is 284 Å². The highest BCUT2D eigenvalue weighted by atomic mass is 31.2. The first kappa shape index (κ1) is 96.7. The number of alkyl halides is 4. The summed E-state index contributed by atoms with van der Waals surface area (Å²) >= 11 is 0. The molecule has 632 valence electrons. The van der Waals surface area contributed by atoms with Crippen molar-refractivity contribution >= 4 is 54.9 Å². The minimum absolute atomic E-state index is 0.116. The lowest BCUT2D eigenvalue weighted by Crippen LogP contribution is -2.36. The fourth-order valence-electron chi connectivity index (χ4n) is 10.8. The second-order valence-corrected chi connectivity index (χ2v) is 36.4. The zero-order chi connectivity index (χ0) is 83.8. The van der Waals surface area contributed by atoms with E-state index in [1.54, 1.807) is 204 Å². The van der Waals surface area contributed by atoms with Gasteiger partial charge in [0.2, 0.25) is 0 Å². The number of carbonyl (C=O) groups is 4. The van der Waals surface area contributed by atoms with Crippen molar-refractivity contribution in [2.24, 2.45) is 0 Å². The van der Waals surface area contributed by atoms with Crippen LogP contribution in [0, 0.1) is 0 Å². The van der Waals surface area contributed by atoms with Crippen LogP contribution in [-0.4, -0.2) is 170 Å². The van der Waals surface area contributed by atoms with Gasteiger partial charge in [-0.1, -0.05) is 72.8 Å². The van der Waals surface area contributed by atoms with Crippen LogP contribution >= 0.6 is 31.0 Å². The minimum Gasteiger partial charge on any atom is -0.462 e. The molecule has 4 saturated heterocycles. The maximum Gasteiger partial charge on any atom is 0.459 e. The summed E-state index contributed by atoms with van der Waals surface area (Å²) in [7, 11) is -15.8. The lowest BCUT2D eigenvalue weighted by molar-refractivity contribution is -0.150. The molecular weight excluding hydrogens is 1550 g/mol. The van der Waals surface area contributed by atoms with Crippen LogP contribution in [-0.2, 0) is 93.4 Å². The summed E-state index contributed by atoms with van der Waals surface area (Å²) < 4.78 is 197. The van der Waals surface area contributed by atoms with Crippen molar-refractivity contribution in [1.29, 1.82) is 0 Å². The van der Waals surface area contributed by atoms with Crippen molar-refractivity contribution in [2.75, 3.05) is 26.4 Å². The molecule has 0 aromatic heterocycles. The maximum absolute atomic E-state index is 14.3. The molecule has 4 N–H and O–H groups in total. The summed E-state index contributed by atoms with van der Waals surface area (Å²) in [6.45, 7) is 31.5. The molecule has 0 spiro atoms. The molecule has 112 heavy (non-hydrogen) atoms. The molecule has 4 aliphatic rings. The normalized spacial score (nSPS) is 28.0. The van der Waals surface area contributed by atoms with E-state index in [4.69, 9.17) is 74.1 Å². The Bertz CT molecular complexity index is 3270. The van der Waals surface area contributed by atoms with Gasteiger partial charge in [0, 0.05) is 25.7 Å². The Morgan fingerprint density at radius 3 is 0.634 bits per heavy atom. The Balaban J connectivity index is 0.000000267. The standard InChI is InChI=1S/4C19H29FNO6P/c4*1-13(2)25-18(22)14(3)21-28(23,27-16-9-7-6-8-10-16)24-12-17-11-19(5,20)15(4)26-17/h4*6-10,13-15,17H,11-12H2,1-5H3,(H,21,23)/t14-,15+,17+,19-,28+;14-,15+,17+,19-,28-;14-,15-,17-,19+,28+;14-,15-,17-,19+,28-/m1100/s1. The predicted octanol–water partition coefficient (Wildman–Crippen LogP) is 16.1. The predicted molar refractivity (Wildman–Crippen MR) is 412 cm³/mol. The van der Waals surface area contributed by atoms with Gasteiger partial charge < -0.3 is 56.0 Å². The van der Waals surface area contributed by atoms with Crippen LogP contribution in [0.2, 0.25) is 0 Å². The van der Waals surface area contributed by atoms with Crippen molar-refractivity contribution in [3.8, 4) is 23.0 Å². The van der Waals surface area contributed by atoms with Crippen LogP contribution in [0.3, 0.4) is 0 Å². The number of nitrogens with one attached hydrogen (secondary N) is 4. The van der Waals surface area contributed by atoms with Crippen molar-refractivity contribution in [3.63, 3.8) is 0 Å². The van der Waals surface area contributed by atoms with Crippen LogP contribution in [0.25, 0.3) is 0 Å². The third-order valence-corrected chi connectivity index (χ3v) is 23.9. The van der Waals surface area contributed by atoms with Crippen molar-refractivity contribution in [3.05, 3.63) is 121 Å². The Morgan fingerprint density at radius 1 is 0.339 bits per heavy atom. The molecular formula is C76H116F4N4O24P4.